The lowest BCUT2D eigenvalue weighted by molar-refractivity contribution is 0.0590. The molecule has 3 N–H and O–H groups in total. The van der Waals surface area contributed by atoms with Gasteiger partial charge in [0.25, 0.3) is 0 Å². The Balaban J connectivity index is 2.77. The fourth-order valence-electron chi connectivity index (χ4n) is 2.42. The molecular formula is C12H23N3. The monoisotopic (exact) mass is 209 g/mol. The number of hydrogen-bond acceptors (Lipinski definition) is 3. The van der Waals surface area contributed by atoms with Crippen molar-refractivity contribution >= 4 is 0 Å². The highest BCUT2D eigenvalue weighted by Crippen LogP contribution is 2.26. The third kappa shape index (κ3) is 2.52. The number of nitrogens with two attached hydrogens (primary N) is 1. The summed E-state index contributed by atoms with van der Waals surface area (Å²) in [4.78, 5) is 2.49. The Labute approximate surface area is 93.4 Å². The van der Waals surface area contributed by atoms with E-state index in [-0.39, 0.29) is 11.6 Å². The van der Waals surface area contributed by atoms with E-state index in [9.17, 15) is 0 Å². The highest BCUT2D eigenvalue weighted by Gasteiger charge is 2.37. The van der Waals surface area contributed by atoms with Crippen LogP contribution in [0.25, 0.3) is 0 Å². The molecule has 2 atom stereocenters. The van der Waals surface area contributed by atoms with Crippen LogP contribution in [0.1, 0.15) is 39.5 Å². The predicted octanol–water partition coefficient (Wildman–Crippen LogP) is 1.11. The Bertz CT molecular complexity index is 228. The molecule has 1 aliphatic rings. The van der Waals surface area contributed by atoms with Gasteiger partial charge in [-0.3, -0.25) is 10.7 Å². The first-order chi connectivity index (χ1) is 7.19. The second kappa shape index (κ2) is 5.50. The summed E-state index contributed by atoms with van der Waals surface area (Å²) in [7, 11) is 0. The van der Waals surface area contributed by atoms with Crippen molar-refractivity contribution in [2.75, 3.05) is 13.1 Å². The SMILES string of the molecule is C#CC(NN)C(C)(CC)N1CCCCC1. The fraction of sp³-hybridized carbons (Fsp3) is 0.833. The van der Waals surface area contributed by atoms with Crippen LogP contribution < -0.4 is 11.3 Å². The normalized spacial score (nSPS) is 24.1. The molecular weight excluding hydrogens is 186 g/mol. The molecule has 1 saturated heterocycles. The standard InChI is InChI=1S/C12H23N3/c1-4-11(14-13)12(3,5-2)15-9-7-6-8-10-15/h1,11,14H,5-10,13H2,2-3H3. The zero-order chi connectivity index (χ0) is 11.3. The zero-order valence-electron chi connectivity index (χ0n) is 9.92. The average Bonchev–Trinajstić information content (AvgIpc) is 2.31. The summed E-state index contributed by atoms with van der Waals surface area (Å²) in [5.74, 6) is 8.30. The number of nitrogens with zero attached hydrogens (tertiary/aromatic N) is 1. The average molecular weight is 209 g/mol. The summed E-state index contributed by atoms with van der Waals surface area (Å²) in [5.41, 5.74) is 2.75. The van der Waals surface area contributed by atoms with E-state index in [0.29, 0.717) is 0 Å². The lowest BCUT2D eigenvalue weighted by Gasteiger charge is -2.46. The number of nitrogens with one attached hydrogen (secondary N) is 1. The van der Waals surface area contributed by atoms with Crippen LogP contribution >= 0.6 is 0 Å². The Morgan fingerprint density at radius 3 is 2.47 bits per heavy atom. The number of likely N-dealkylation sites (tertiary alicyclic amines) is 1. The van der Waals surface area contributed by atoms with Gasteiger partial charge < -0.3 is 0 Å². The molecule has 15 heavy (non-hydrogen) atoms. The lowest BCUT2D eigenvalue weighted by atomic mass is 9.86. The fourth-order valence-corrected chi connectivity index (χ4v) is 2.42. The zero-order valence-corrected chi connectivity index (χ0v) is 9.92. The number of terminal acetylenes is 1. The predicted molar refractivity (Wildman–Crippen MR) is 64.1 cm³/mol. The van der Waals surface area contributed by atoms with Crippen LogP contribution in [0.15, 0.2) is 0 Å². The van der Waals surface area contributed by atoms with Crippen LogP contribution in [0, 0.1) is 12.3 Å². The largest absolute Gasteiger partial charge is 0.295 e. The maximum absolute atomic E-state index is 5.53. The van der Waals surface area contributed by atoms with Crippen LogP contribution in [0.2, 0.25) is 0 Å². The molecule has 0 amide bonds. The summed E-state index contributed by atoms with van der Waals surface area (Å²) in [6.45, 7) is 6.67. The highest BCUT2D eigenvalue weighted by molar-refractivity contribution is 5.11. The quantitative estimate of drug-likeness (QED) is 0.414. The first kappa shape index (κ1) is 12.5. The van der Waals surface area contributed by atoms with Gasteiger partial charge in [0, 0.05) is 5.54 Å². The van der Waals surface area contributed by atoms with E-state index in [2.05, 4.69) is 30.1 Å². The van der Waals surface area contributed by atoms with Crippen LogP contribution in [0.5, 0.6) is 0 Å². The molecule has 0 spiro atoms. The molecule has 0 radical (unpaired) electrons. The number of hydrazine groups is 1. The van der Waals surface area contributed by atoms with Crippen molar-refractivity contribution in [2.45, 2.75) is 51.1 Å². The van der Waals surface area contributed by atoms with Gasteiger partial charge in [0.1, 0.15) is 0 Å². The van der Waals surface area contributed by atoms with Gasteiger partial charge >= 0.3 is 0 Å². The van der Waals surface area contributed by atoms with Gasteiger partial charge in [-0.25, -0.2) is 5.43 Å². The maximum atomic E-state index is 5.53. The second-order valence-corrected chi connectivity index (χ2v) is 4.52. The first-order valence-corrected chi connectivity index (χ1v) is 5.86. The molecule has 2 unspecified atom stereocenters. The number of piperidine rings is 1. The minimum Gasteiger partial charge on any atom is -0.295 e. The van der Waals surface area contributed by atoms with Gasteiger partial charge in [0.2, 0.25) is 0 Å². The van der Waals surface area contributed by atoms with E-state index in [1.54, 1.807) is 0 Å². The Morgan fingerprint density at radius 2 is 2.07 bits per heavy atom. The van der Waals surface area contributed by atoms with Crippen molar-refractivity contribution in [1.82, 2.24) is 10.3 Å². The molecule has 0 aliphatic carbocycles. The molecule has 0 bridgehead atoms. The van der Waals surface area contributed by atoms with E-state index in [1.165, 1.54) is 19.3 Å². The molecule has 0 saturated carbocycles. The summed E-state index contributed by atoms with van der Waals surface area (Å²) >= 11 is 0. The van der Waals surface area contributed by atoms with Gasteiger partial charge in [0.05, 0.1) is 6.04 Å². The third-order valence-electron chi connectivity index (χ3n) is 3.75. The molecule has 0 aromatic heterocycles. The molecule has 1 fully saturated rings. The van der Waals surface area contributed by atoms with E-state index < -0.39 is 0 Å². The molecule has 86 valence electrons. The van der Waals surface area contributed by atoms with E-state index in [1.807, 2.05) is 0 Å². The molecule has 3 heteroatoms. The van der Waals surface area contributed by atoms with Crippen molar-refractivity contribution in [3.05, 3.63) is 0 Å². The van der Waals surface area contributed by atoms with Crippen LogP contribution in [0.3, 0.4) is 0 Å². The van der Waals surface area contributed by atoms with Crippen molar-refractivity contribution in [2.24, 2.45) is 5.84 Å². The molecule has 0 aromatic carbocycles. The lowest BCUT2D eigenvalue weighted by Crippen LogP contribution is -2.61. The third-order valence-corrected chi connectivity index (χ3v) is 3.75. The Hall–Kier alpha value is -0.560. The smallest absolute Gasteiger partial charge is 0.0995 e. The highest BCUT2D eigenvalue weighted by atomic mass is 15.3. The Kier molecular flexibility index (Phi) is 4.59. The minimum absolute atomic E-state index is 0.0100. The van der Waals surface area contributed by atoms with Gasteiger partial charge in [-0.15, -0.1) is 6.42 Å². The van der Waals surface area contributed by atoms with Crippen molar-refractivity contribution in [3.63, 3.8) is 0 Å². The minimum atomic E-state index is -0.0689. The Morgan fingerprint density at radius 1 is 1.47 bits per heavy atom. The summed E-state index contributed by atoms with van der Waals surface area (Å²) in [6, 6.07) is -0.0689. The van der Waals surface area contributed by atoms with E-state index in [0.717, 1.165) is 19.5 Å². The molecule has 1 aliphatic heterocycles. The number of hydrogen-bond donors (Lipinski definition) is 2. The van der Waals surface area contributed by atoms with Crippen LogP contribution in [0.4, 0.5) is 0 Å². The summed E-state index contributed by atoms with van der Waals surface area (Å²) < 4.78 is 0. The van der Waals surface area contributed by atoms with Gasteiger partial charge in [0.15, 0.2) is 0 Å². The molecule has 0 aromatic rings. The van der Waals surface area contributed by atoms with Gasteiger partial charge in [-0.1, -0.05) is 19.3 Å². The van der Waals surface area contributed by atoms with Crippen molar-refractivity contribution in [3.8, 4) is 12.3 Å². The molecule has 1 rings (SSSR count). The van der Waals surface area contributed by atoms with Crippen LogP contribution in [-0.4, -0.2) is 29.6 Å². The second-order valence-electron chi connectivity index (χ2n) is 4.52. The molecule has 1 heterocycles. The van der Waals surface area contributed by atoms with E-state index >= 15 is 0 Å². The summed E-state index contributed by atoms with van der Waals surface area (Å²) in [5, 5.41) is 0. The van der Waals surface area contributed by atoms with Crippen molar-refractivity contribution in [1.29, 1.82) is 0 Å². The van der Waals surface area contributed by atoms with Crippen LogP contribution in [-0.2, 0) is 0 Å². The van der Waals surface area contributed by atoms with Crippen molar-refractivity contribution < 1.29 is 0 Å². The maximum Gasteiger partial charge on any atom is 0.0995 e. The van der Waals surface area contributed by atoms with Gasteiger partial charge in [-0.2, -0.15) is 0 Å². The van der Waals surface area contributed by atoms with E-state index in [4.69, 9.17) is 12.3 Å². The summed E-state index contributed by atoms with van der Waals surface area (Å²) in [6.07, 6.45) is 10.4. The first-order valence-electron chi connectivity index (χ1n) is 5.86. The number of rotatable bonds is 4. The van der Waals surface area contributed by atoms with Gasteiger partial charge in [-0.05, 0) is 39.3 Å². The molecule has 3 nitrogen and oxygen atoms in total. The topological polar surface area (TPSA) is 41.3 Å².